The normalized spacial score (nSPS) is 12.0. The lowest BCUT2D eigenvalue weighted by Gasteiger charge is -2.15. The van der Waals surface area contributed by atoms with Crippen molar-refractivity contribution < 1.29 is 9.84 Å². The van der Waals surface area contributed by atoms with E-state index in [0.717, 1.165) is 25.9 Å². The molecule has 2 N–H and O–H groups in total. The highest BCUT2D eigenvalue weighted by Crippen LogP contribution is 2.27. The third-order valence-corrected chi connectivity index (χ3v) is 4.08. The number of rotatable bonds is 5. The van der Waals surface area contributed by atoms with Gasteiger partial charge in [0.25, 0.3) is 0 Å². The van der Waals surface area contributed by atoms with Crippen LogP contribution in [-0.4, -0.2) is 18.8 Å². The molecule has 1 atom stereocenters. The molecule has 3 nitrogen and oxygen atoms in total. The topological polar surface area (TPSA) is 41.5 Å². The third kappa shape index (κ3) is 3.98. The molecule has 5 heteroatoms. The molecule has 20 heavy (non-hydrogen) atoms. The first-order valence-electron chi connectivity index (χ1n) is 6.11. The molecule has 0 saturated heterocycles. The van der Waals surface area contributed by atoms with Gasteiger partial charge in [0.1, 0.15) is 5.75 Å². The molecule has 0 aliphatic rings. The molecule has 0 fully saturated rings. The van der Waals surface area contributed by atoms with Crippen molar-refractivity contribution in [3.05, 3.63) is 57.0 Å². The van der Waals surface area contributed by atoms with Crippen LogP contribution in [0.5, 0.6) is 5.75 Å². The number of anilines is 1. The van der Waals surface area contributed by atoms with Gasteiger partial charge in [-0.15, -0.1) is 0 Å². The van der Waals surface area contributed by atoms with Crippen LogP contribution in [0.3, 0.4) is 0 Å². The molecule has 1 unspecified atom stereocenters. The second-order valence-electron chi connectivity index (χ2n) is 4.30. The maximum absolute atomic E-state index is 10.2. The van der Waals surface area contributed by atoms with E-state index in [4.69, 9.17) is 4.74 Å². The summed E-state index contributed by atoms with van der Waals surface area (Å²) in [4.78, 5) is 0. The Bertz CT molecular complexity index is 590. The summed E-state index contributed by atoms with van der Waals surface area (Å²) in [5.41, 5.74) is 1.75. The fraction of sp³-hybridized carbons (Fsp3) is 0.200. The second-order valence-corrected chi connectivity index (χ2v) is 6.07. The van der Waals surface area contributed by atoms with Crippen LogP contribution < -0.4 is 10.1 Å². The van der Waals surface area contributed by atoms with Crippen molar-refractivity contribution in [3.8, 4) is 5.75 Å². The minimum absolute atomic E-state index is 0.419. The fourth-order valence-corrected chi connectivity index (χ4v) is 2.55. The summed E-state index contributed by atoms with van der Waals surface area (Å²) in [7, 11) is 1.61. The number of ether oxygens (including phenoxy) is 1. The number of hydrogen-bond donors (Lipinski definition) is 2. The lowest BCUT2D eigenvalue weighted by atomic mass is 10.1. The fourth-order valence-electron chi connectivity index (χ4n) is 1.81. The van der Waals surface area contributed by atoms with Gasteiger partial charge in [-0.2, -0.15) is 0 Å². The molecular weight excluding hydrogens is 386 g/mol. The van der Waals surface area contributed by atoms with Crippen molar-refractivity contribution in [2.45, 2.75) is 6.10 Å². The number of methoxy groups -OCH3 is 1. The van der Waals surface area contributed by atoms with E-state index < -0.39 is 6.10 Å². The first-order chi connectivity index (χ1) is 9.60. The molecule has 2 rings (SSSR count). The number of halogens is 2. The quantitative estimate of drug-likeness (QED) is 0.783. The molecule has 0 aromatic heterocycles. The van der Waals surface area contributed by atoms with Gasteiger partial charge in [-0.1, -0.05) is 28.1 Å². The maximum atomic E-state index is 10.2. The molecule has 106 valence electrons. The average molecular weight is 401 g/mol. The maximum Gasteiger partial charge on any atom is 0.119 e. The number of benzene rings is 2. The molecule has 0 radical (unpaired) electrons. The summed E-state index contributed by atoms with van der Waals surface area (Å²) in [6, 6.07) is 13.3. The summed E-state index contributed by atoms with van der Waals surface area (Å²) in [6.45, 7) is 0.419. The highest BCUT2D eigenvalue weighted by atomic mass is 79.9. The van der Waals surface area contributed by atoms with E-state index in [0.29, 0.717) is 6.54 Å². The van der Waals surface area contributed by atoms with E-state index in [1.54, 1.807) is 7.11 Å². The van der Waals surface area contributed by atoms with E-state index in [1.807, 2.05) is 42.5 Å². The third-order valence-electron chi connectivity index (χ3n) is 2.89. The van der Waals surface area contributed by atoms with Crippen molar-refractivity contribution in [2.24, 2.45) is 0 Å². The Morgan fingerprint density at radius 2 is 2.00 bits per heavy atom. The zero-order chi connectivity index (χ0) is 14.5. The van der Waals surface area contributed by atoms with Gasteiger partial charge in [-0.3, -0.25) is 0 Å². The van der Waals surface area contributed by atoms with Crippen molar-refractivity contribution >= 4 is 37.5 Å². The van der Waals surface area contributed by atoms with E-state index >= 15 is 0 Å². The van der Waals surface area contributed by atoms with Crippen LogP contribution in [0.15, 0.2) is 51.4 Å². The summed E-state index contributed by atoms with van der Waals surface area (Å²) in [6.07, 6.45) is -0.601. The highest BCUT2D eigenvalue weighted by Gasteiger charge is 2.09. The molecule has 0 saturated carbocycles. The van der Waals surface area contributed by atoms with Crippen LogP contribution in [0.25, 0.3) is 0 Å². The largest absolute Gasteiger partial charge is 0.497 e. The SMILES string of the molecule is COc1cccc(C(O)CNc2cc(Br)ccc2Br)c1. The van der Waals surface area contributed by atoms with Gasteiger partial charge < -0.3 is 15.2 Å². The Morgan fingerprint density at radius 3 is 2.75 bits per heavy atom. The molecule has 0 aliphatic carbocycles. The molecule has 2 aromatic carbocycles. The Balaban J connectivity index is 2.04. The van der Waals surface area contributed by atoms with E-state index in [-0.39, 0.29) is 0 Å². The Morgan fingerprint density at radius 1 is 1.20 bits per heavy atom. The van der Waals surface area contributed by atoms with Gasteiger partial charge in [0, 0.05) is 21.2 Å². The number of aliphatic hydroxyl groups is 1. The molecule has 0 heterocycles. The zero-order valence-corrected chi connectivity index (χ0v) is 14.1. The van der Waals surface area contributed by atoms with Gasteiger partial charge in [0.05, 0.1) is 13.2 Å². The van der Waals surface area contributed by atoms with Crippen LogP contribution in [0.2, 0.25) is 0 Å². The van der Waals surface area contributed by atoms with Crippen LogP contribution in [0, 0.1) is 0 Å². The molecule has 2 aromatic rings. The van der Waals surface area contributed by atoms with Crippen LogP contribution in [0.1, 0.15) is 11.7 Å². The first kappa shape index (κ1) is 15.4. The first-order valence-corrected chi connectivity index (χ1v) is 7.69. The number of hydrogen-bond acceptors (Lipinski definition) is 3. The zero-order valence-electron chi connectivity index (χ0n) is 10.9. The summed E-state index contributed by atoms with van der Waals surface area (Å²) in [5, 5.41) is 13.4. The van der Waals surface area contributed by atoms with Crippen molar-refractivity contribution in [3.63, 3.8) is 0 Å². The predicted molar refractivity (Wildman–Crippen MR) is 88.3 cm³/mol. The minimum atomic E-state index is -0.601. The van der Waals surface area contributed by atoms with Crippen LogP contribution >= 0.6 is 31.9 Å². The number of aliphatic hydroxyl groups excluding tert-OH is 1. The summed E-state index contributed by atoms with van der Waals surface area (Å²) >= 11 is 6.90. The van der Waals surface area contributed by atoms with Crippen molar-refractivity contribution in [1.82, 2.24) is 0 Å². The highest BCUT2D eigenvalue weighted by molar-refractivity contribution is 9.11. The Hall–Kier alpha value is -1.04. The van der Waals surface area contributed by atoms with Gasteiger partial charge in [-0.05, 0) is 51.8 Å². The monoisotopic (exact) mass is 399 g/mol. The molecular formula is C15H15Br2NO2. The van der Waals surface area contributed by atoms with E-state index in [2.05, 4.69) is 37.2 Å². The van der Waals surface area contributed by atoms with Crippen molar-refractivity contribution in [1.29, 1.82) is 0 Å². The standard InChI is InChI=1S/C15H15Br2NO2/c1-20-12-4-2-3-10(7-12)15(19)9-18-14-8-11(16)5-6-13(14)17/h2-8,15,18-19H,9H2,1H3. The Labute approximate surface area is 135 Å². The smallest absolute Gasteiger partial charge is 0.119 e. The van der Waals surface area contributed by atoms with E-state index in [9.17, 15) is 5.11 Å². The van der Waals surface area contributed by atoms with Gasteiger partial charge in [0.15, 0.2) is 0 Å². The molecule has 0 aliphatic heterocycles. The molecule has 0 spiro atoms. The second kappa shape index (κ2) is 7.11. The van der Waals surface area contributed by atoms with Gasteiger partial charge in [0.2, 0.25) is 0 Å². The van der Waals surface area contributed by atoms with E-state index in [1.165, 1.54) is 0 Å². The van der Waals surface area contributed by atoms with Crippen LogP contribution in [-0.2, 0) is 0 Å². The predicted octanol–water partition coefficient (Wildman–Crippen LogP) is 4.37. The lowest BCUT2D eigenvalue weighted by Crippen LogP contribution is -2.12. The Kier molecular flexibility index (Phi) is 5.46. The lowest BCUT2D eigenvalue weighted by molar-refractivity contribution is 0.191. The van der Waals surface area contributed by atoms with Gasteiger partial charge in [-0.25, -0.2) is 0 Å². The average Bonchev–Trinajstić information content (AvgIpc) is 2.48. The summed E-state index contributed by atoms with van der Waals surface area (Å²) in [5.74, 6) is 0.741. The summed E-state index contributed by atoms with van der Waals surface area (Å²) < 4.78 is 7.10. The van der Waals surface area contributed by atoms with Gasteiger partial charge >= 0.3 is 0 Å². The van der Waals surface area contributed by atoms with Crippen molar-refractivity contribution in [2.75, 3.05) is 19.0 Å². The minimum Gasteiger partial charge on any atom is -0.497 e. The molecule has 0 amide bonds. The van der Waals surface area contributed by atoms with Crippen LogP contribution in [0.4, 0.5) is 5.69 Å². The molecule has 0 bridgehead atoms. The number of nitrogens with one attached hydrogen (secondary N) is 1.